The van der Waals surface area contributed by atoms with Crippen molar-refractivity contribution in [3.63, 3.8) is 0 Å². The Morgan fingerprint density at radius 3 is 2.17 bits per heavy atom. The number of hydrogen-bond acceptors (Lipinski definition) is 3. The Morgan fingerprint density at radius 2 is 1.50 bits per heavy atom. The predicted octanol–water partition coefficient (Wildman–Crippen LogP) is 5.81. The van der Waals surface area contributed by atoms with Crippen molar-refractivity contribution >= 4 is 62.8 Å². The number of nitrogens with zero attached hydrogens (tertiary/aromatic N) is 1. The molecule has 0 radical (unpaired) electrons. The molecule has 0 aliphatic heterocycles. The molecule has 1 N–H and O–H groups in total. The van der Waals surface area contributed by atoms with Crippen LogP contribution in [-0.4, -0.2) is 11.5 Å². The summed E-state index contributed by atoms with van der Waals surface area (Å²) in [5.41, 5.74) is 4.99. The van der Waals surface area contributed by atoms with Gasteiger partial charge in [0.15, 0.2) is 0 Å². The first-order valence-electron chi connectivity index (χ1n) is 7.11. The maximum Gasteiger partial charge on any atom is 0.214 e. The van der Waals surface area contributed by atoms with Crippen LogP contribution in [0, 0.1) is 0 Å². The summed E-state index contributed by atoms with van der Waals surface area (Å²) in [5.74, 6) is -0.129. The van der Waals surface area contributed by atoms with Crippen LogP contribution in [0.5, 0.6) is 0 Å². The van der Waals surface area contributed by atoms with Crippen LogP contribution < -0.4 is 5.43 Å². The van der Waals surface area contributed by atoms with Gasteiger partial charge in [-0.05, 0) is 17.5 Å². The summed E-state index contributed by atoms with van der Waals surface area (Å²) in [6, 6.07) is 14.5. The van der Waals surface area contributed by atoms with Crippen LogP contribution in [0.25, 0.3) is 10.8 Å². The summed E-state index contributed by atoms with van der Waals surface area (Å²) in [5, 5.41) is 7.28. The number of halogens is 3. The first kappa shape index (κ1) is 15.5. The molecule has 0 unspecified atom stereocenters. The minimum Gasteiger partial charge on any atom is -0.287 e. The van der Waals surface area contributed by atoms with Gasteiger partial charge in [0, 0.05) is 21.5 Å². The van der Waals surface area contributed by atoms with Crippen LogP contribution in [0.2, 0.25) is 15.1 Å². The third-order valence-corrected chi connectivity index (χ3v) is 4.72. The van der Waals surface area contributed by atoms with Crippen LogP contribution in [0.15, 0.2) is 53.6 Å². The SMILES string of the molecule is O=C1/C(=N/Nc2c(Cl)cc(Cl)cc2Cl)c2cccc3cccc1c23. The molecule has 0 amide bonds. The summed E-state index contributed by atoms with van der Waals surface area (Å²) in [6.45, 7) is 0. The van der Waals surface area contributed by atoms with Crippen LogP contribution in [0.1, 0.15) is 15.9 Å². The Morgan fingerprint density at radius 1 is 0.875 bits per heavy atom. The topological polar surface area (TPSA) is 41.5 Å². The lowest BCUT2D eigenvalue weighted by Crippen LogP contribution is -2.11. The molecule has 0 fully saturated rings. The van der Waals surface area contributed by atoms with Crippen LogP contribution >= 0.6 is 34.8 Å². The highest BCUT2D eigenvalue weighted by Crippen LogP contribution is 2.35. The van der Waals surface area contributed by atoms with Gasteiger partial charge in [-0.25, -0.2) is 0 Å². The Labute approximate surface area is 152 Å². The molecule has 0 spiro atoms. The van der Waals surface area contributed by atoms with Crippen LogP contribution in [0.3, 0.4) is 0 Å². The molecule has 0 heterocycles. The minimum absolute atomic E-state index is 0.129. The fourth-order valence-corrected chi connectivity index (χ4v) is 3.75. The average molecular weight is 376 g/mol. The van der Waals surface area contributed by atoms with E-state index in [1.165, 1.54) is 0 Å². The Bertz CT molecular complexity index is 1020. The maximum absolute atomic E-state index is 12.7. The molecular weight excluding hydrogens is 367 g/mol. The van der Waals surface area contributed by atoms with Crippen molar-refractivity contribution in [1.82, 2.24) is 0 Å². The summed E-state index contributed by atoms with van der Waals surface area (Å²) >= 11 is 18.2. The lowest BCUT2D eigenvalue weighted by molar-refractivity contribution is 0.107. The zero-order valence-corrected chi connectivity index (χ0v) is 14.4. The number of carbonyl (C=O) groups is 1. The van der Waals surface area contributed by atoms with Crippen molar-refractivity contribution in [1.29, 1.82) is 0 Å². The molecule has 0 saturated carbocycles. The molecule has 3 aromatic rings. The van der Waals surface area contributed by atoms with E-state index in [0.717, 1.165) is 16.3 Å². The summed E-state index contributed by atoms with van der Waals surface area (Å²) in [4.78, 5) is 12.7. The third kappa shape index (κ3) is 2.37. The highest BCUT2D eigenvalue weighted by Gasteiger charge is 2.28. The molecule has 6 heteroatoms. The van der Waals surface area contributed by atoms with Gasteiger partial charge in [-0.15, -0.1) is 0 Å². The van der Waals surface area contributed by atoms with Crippen molar-refractivity contribution in [3.8, 4) is 0 Å². The van der Waals surface area contributed by atoms with Crippen molar-refractivity contribution in [2.24, 2.45) is 5.10 Å². The molecular formula is C18H9Cl3N2O. The Balaban J connectivity index is 1.81. The standard InChI is InChI=1S/C18H9Cl3N2O/c19-10-7-13(20)17(14(21)8-10)23-22-16-11-5-1-3-9-4-2-6-12(15(9)11)18(16)24/h1-8,23H/b22-16+. The van der Waals surface area contributed by atoms with Crippen molar-refractivity contribution in [3.05, 3.63) is 74.7 Å². The van der Waals surface area contributed by atoms with E-state index in [-0.39, 0.29) is 5.78 Å². The van der Waals surface area contributed by atoms with Gasteiger partial charge in [-0.3, -0.25) is 10.2 Å². The van der Waals surface area contributed by atoms with Gasteiger partial charge in [0.2, 0.25) is 5.78 Å². The van der Waals surface area contributed by atoms with E-state index in [1.807, 2.05) is 30.3 Å². The van der Waals surface area contributed by atoms with Gasteiger partial charge in [-0.2, -0.15) is 5.10 Å². The number of hydrazone groups is 1. The molecule has 1 aliphatic carbocycles. The monoisotopic (exact) mass is 374 g/mol. The second-order valence-electron chi connectivity index (χ2n) is 5.36. The fourth-order valence-electron chi connectivity index (χ4n) is 2.85. The van der Waals surface area contributed by atoms with E-state index in [2.05, 4.69) is 10.5 Å². The number of anilines is 1. The van der Waals surface area contributed by atoms with E-state index in [0.29, 0.717) is 32.0 Å². The number of ketones is 1. The quantitative estimate of drug-likeness (QED) is 0.574. The first-order chi connectivity index (χ1) is 11.6. The van der Waals surface area contributed by atoms with Gasteiger partial charge in [0.1, 0.15) is 5.71 Å². The third-order valence-electron chi connectivity index (χ3n) is 3.91. The van der Waals surface area contributed by atoms with E-state index in [1.54, 1.807) is 18.2 Å². The number of nitrogens with one attached hydrogen (secondary N) is 1. The van der Waals surface area contributed by atoms with Crippen LogP contribution in [0.4, 0.5) is 5.69 Å². The lowest BCUT2D eigenvalue weighted by Gasteiger charge is -2.07. The Kier molecular flexibility index (Phi) is 3.72. The number of carbonyl (C=O) groups excluding carboxylic acids is 1. The van der Waals surface area contributed by atoms with Crippen molar-refractivity contribution < 1.29 is 4.79 Å². The zero-order chi connectivity index (χ0) is 16.8. The van der Waals surface area contributed by atoms with E-state index >= 15 is 0 Å². The molecule has 3 nitrogen and oxygen atoms in total. The second-order valence-corrected chi connectivity index (χ2v) is 6.61. The van der Waals surface area contributed by atoms with E-state index in [9.17, 15) is 4.79 Å². The normalized spacial score (nSPS) is 14.6. The molecule has 1 aliphatic rings. The molecule has 3 aromatic carbocycles. The Hall–Kier alpha value is -2.07. The largest absolute Gasteiger partial charge is 0.287 e. The number of benzene rings is 3. The number of rotatable bonds is 2. The first-order valence-corrected chi connectivity index (χ1v) is 8.24. The lowest BCUT2D eigenvalue weighted by atomic mass is 10.1. The summed E-state index contributed by atoms with van der Waals surface area (Å²) in [6.07, 6.45) is 0. The molecule has 0 atom stereocenters. The fraction of sp³-hybridized carbons (Fsp3) is 0. The van der Waals surface area contributed by atoms with E-state index in [4.69, 9.17) is 34.8 Å². The predicted molar refractivity (Wildman–Crippen MR) is 99.9 cm³/mol. The van der Waals surface area contributed by atoms with Gasteiger partial charge in [0.05, 0.1) is 15.7 Å². The minimum atomic E-state index is -0.129. The molecule has 24 heavy (non-hydrogen) atoms. The van der Waals surface area contributed by atoms with Gasteiger partial charge >= 0.3 is 0 Å². The highest BCUT2D eigenvalue weighted by atomic mass is 35.5. The van der Waals surface area contributed by atoms with Crippen LogP contribution in [-0.2, 0) is 0 Å². The molecule has 0 bridgehead atoms. The molecule has 4 rings (SSSR count). The number of Topliss-reactive ketones (excluding diaryl/α,β-unsaturated/α-hetero) is 1. The van der Waals surface area contributed by atoms with Gasteiger partial charge in [-0.1, -0.05) is 71.2 Å². The molecule has 0 aromatic heterocycles. The maximum atomic E-state index is 12.7. The van der Waals surface area contributed by atoms with Crippen molar-refractivity contribution in [2.75, 3.05) is 5.43 Å². The molecule has 0 saturated heterocycles. The number of hydrogen-bond donors (Lipinski definition) is 1. The highest BCUT2D eigenvalue weighted by molar-refractivity contribution is 6.59. The second kappa shape index (κ2) is 5.78. The van der Waals surface area contributed by atoms with Gasteiger partial charge in [0.25, 0.3) is 0 Å². The van der Waals surface area contributed by atoms with Gasteiger partial charge < -0.3 is 0 Å². The van der Waals surface area contributed by atoms with E-state index < -0.39 is 0 Å². The van der Waals surface area contributed by atoms with Crippen molar-refractivity contribution in [2.45, 2.75) is 0 Å². The molecule has 118 valence electrons. The smallest absolute Gasteiger partial charge is 0.214 e. The zero-order valence-electron chi connectivity index (χ0n) is 12.1. The summed E-state index contributed by atoms with van der Waals surface area (Å²) in [7, 11) is 0. The summed E-state index contributed by atoms with van der Waals surface area (Å²) < 4.78 is 0. The average Bonchev–Trinajstić information content (AvgIpc) is 2.82.